The quantitative estimate of drug-likeness (QED) is 0.807. The number of nitrogens with zero attached hydrogens (tertiary/aromatic N) is 2. The number of aliphatic hydroxyl groups excluding tert-OH is 1. The van der Waals surface area contributed by atoms with Gasteiger partial charge in [-0.25, -0.2) is 4.98 Å². The summed E-state index contributed by atoms with van der Waals surface area (Å²) < 4.78 is 0. The van der Waals surface area contributed by atoms with Gasteiger partial charge in [-0.3, -0.25) is 0 Å². The van der Waals surface area contributed by atoms with Crippen LogP contribution in [0, 0.1) is 12.8 Å². The van der Waals surface area contributed by atoms with Crippen LogP contribution in [0.2, 0.25) is 0 Å². The van der Waals surface area contributed by atoms with Crippen molar-refractivity contribution < 1.29 is 5.11 Å². The third kappa shape index (κ3) is 3.36. The standard InChI is InChI=1S/C10H18N2OS/c1-8(6-13)4-12(3)5-10-9(2)11-7-14-10/h7-8,13H,4-6H2,1-3H3. The van der Waals surface area contributed by atoms with E-state index in [1.165, 1.54) is 4.88 Å². The lowest BCUT2D eigenvalue weighted by Gasteiger charge is -2.19. The first-order valence-corrected chi connectivity index (χ1v) is 5.69. The minimum Gasteiger partial charge on any atom is -0.396 e. The summed E-state index contributed by atoms with van der Waals surface area (Å²) >= 11 is 1.70. The SMILES string of the molecule is Cc1ncsc1CN(C)CC(C)CO. The van der Waals surface area contributed by atoms with Crippen molar-refractivity contribution in [2.75, 3.05) is 20.2 Å². The second-order valence-corrected chi connectivity index (χ2v) is 4.78. The number of rotatable bonds is 5. The van der Waals surface area contributed by atoms with E-state index in [4.69, 9.17) is 5.11 Å². The van der Waals surface area contributed by atoms with E-state index in [0.29, 0.717) is 5.92 Å². The van der Waals surface area contributed by atoms with Gasteiger partial charge in [-0.15, -0.1) is 11.3 Å². The summed E-state index contributed by atoms with van der Waals surface area (Å²) in [6.07, 6.45) is 0. The van der Waals surface area contributed by atoms with Gasteiger partial charge in [0.05, 0.1) is 11.2 Å². The lowest BCUT2D eigenvalue weighted by atomic mass is 10.2. The summed E-state index contributed by atoms with van der Waals surface area (Å²) in [6.45, 7) is 6.20. The molecular formula is C10H18N2OS. The van der Waals surface area contributed by atoms with Crippen LogP contribution in [-0.2, 0) is 6.54 Å². The fourth-order valence-electron chi connectivity index (χ4n) is 1.38. The highest BCUT2D eigenvalue weighted by Crippen LogP contribution is 2.14. The van der Waals surface area contributed by atoms with Crippen molar-refractivity contribution in [3.63, 3.8) is 0 Å². The second-order valence-electron chi connectivity index (χ2n) is 3.85. The number of aromatic nitrogens is 1. The molecule has 0 spiro atoms. The van der Waals surface area contributed by atoms with E-state index in [1.54, 1.807) is 11.3 Å². The predicted molar refractivity (Wildman–Crippen MR) is 59.4 cm³/mol. The minimum atomic E-state index is 0.256. The molecule has 1 heterocycles. The van der Waals surface area contributed by atoms with Gasteiger partial charge in [0.25, 0.3) is 0 Å². The van der Waals surface area contributed by atoms with Crippen molar-refractivity contribution in [1.82, 2.24) is 9.88 Å². The molecule has 4 heteroatoms. The summed E-state index contributed by atoms with van der Waals surface area (Å²) in [5, 5.41) is 8.93. The van der Waals surface area contributed by atoms with Crippen LogP contribution in [0.25, 0.3) is 0 Å². The first-order valence-electron chi connectivity index (χ1n) is 4.81. The fourth-order valence-corrected chi connectivity index (χ4v) is 2.23. The zero-order chi connectivity index (χ0) is 10.6. The number of hydrogen-bond donors (Lipinski definition) is 1. The minimum absolute atomic E-state index is 0.256. The zero-order valence-corrected chi connectivity index (χ0v) is 9.84. The zero-order valence-electron chi connectivity index (χ0n) is 9.03. The van der Waals surface area contributed by atoms with Crippen molar-refractivity contribution >= 4 is 11.3 Å². The molecule has 1 aromatic rings. The molecule has 0 aliphatic carbocycles. The van der Waals surface area contributed by atoms with Crippen molar-refractivity contribution in [3.8, 4) is 0 Å². The Hall–Kier alpha value is -0.450. The number of hydrogen-bond acceptors (Lipinski definition) is 4. The van der Waals surface area contributed by atoms with Gasteiger partial charge in [0.15, 0.2) is 0 Å². The number of aryl methyl sites for hydroxylation is 1. The van der Waals surface area contributed by atoms with Crippen LogP contribution in [0.5, 0.6) is 0 Å². The Morgan fingerprint density at radius 2 is 2.36 bits per heavy atom. The van der Waals surface area contributed by atoms with Crippen molar-refractivity contribution in [2.45, 2.75) is 20.4 Å². The summed E-state index contributed by atoms with van der Waals surface area (Å²) in [6, 6.07) is 0. The Morgan fingerprint density at radius 3 is 2.86 bits per heavy atom. The van der Waals surface area contributed by atoms with Gasteiger partial charge >= 0.3 is 0 Å². The maximum atomic E-state index is 8.93. The molecule has 0 aromatic carbocycles. The lowest BCUT2D eigenvalue weighted by molar-refractivity contribution is 0.188. The van der Waals surface area contributed by atoms with Crippen LogP contribution < -0.4 is 0 Å². The monoisotopic (exact) mass is 214 g/mol. The molecular weight excluding hydrogens is 196 g/mol. The molecule has 0 saturated carbocycles. The Balaban J connectivity index is 2.41. The van der Waals surface area contributed by atoms with E-state index in [0.717, 1.165) is 18.8 Å². The van der Waals surface area contributed by atoms with Gasteiger partial charge in [0.2, 0.25) is 0 Å². The van der Waals surface area contributed by atoms with Gasteiger partial charge in [-0.05, 0) is 19.9 Å². The second kappa shape index (κ2) is 5.44. The van der Waals surface area contributed by atoms with E-state index < -0.39 is 0 Å². The third-order valence-electron chi connectivity index (χ3n) is 2.19. The molecule has 0 fully saturated rings. The summed E-state index contributed by atoms with van der Waals surface area (Å²) in [5.41, 5.74) is 3.01. The molecule has 1 rings (SSSR count). The molecule has 1 unspecified atom stereocenters. The first-order chi connectivity index (χ1) is 6.63. The van der Waals surface area contributed by atoms with Crippen LogP contribution in [0.4, 0.5) is 0 Å². The molecule has 1 atom stereocenters. The molecule has 0 aliphatic rings. The van der Waals surface area contributed by atoms with Gasteiger partial charge in [-0.2, -0.15) is 0 Å². The van der Waals surface area contributed by atoms with Crippen LogP contribution in [0.3, 0.4) is 0 Å². The Kier molecular flexibility index (Phi) is 4.51. The number of aliphatic hydroxyl groups is 1. The maximum Gasteiger partial charge on any atom is 0.0798 e. The molecule has 0 saturated heterocycles. The normalized spacial score (nSPS) is 13.5. The van der Waals surface area contributed by atoms with Gasteiger partial charge in [0.1, 0.15) is 0 Å². The molecule has 80 valence electrons. The summed E-state index contributed by atoms with van der Waals surface area (Å²) in [7, 11) is 2.07. The summed E-state index contributed by atoms with van der Waals surface area (Å²) in [4.78, 5) is 7.75. The van der Waals surface area contributed by atoms with Crippen LogP contribution in [-0.4, -0.2) is 35.2 Å². The molecule has 0 radical (unpaired) electrons. The molecule has 0 bridgehead atoms. The molecule has 3 nitrogen and oxygen atoms in total. The summed E-state index contributed by atoms with van der Waals surface area (Å²) in [5.74, 6) is 0.341. The largest absolute Gasteiger partial charge is 0.396 e. The van der Waals surface area contributed by atoms with Crippen LogP contribution in [0.1, 0.15) is 17.5 Å². The average Bonchev–Trinajstić information content (AvgIpc) is 2.51. The van der Waals surface area contributed by atoms with Crippen LogP contribution in [0.15, 0.2) is 5.51 Å². The predicted octanol–water partition coefficient (Wildman–Crippen LogP) is 1.51. The van der Waals surface area contributed by atoms with E-state index in [1.807, 2.05) is 12.4 Å². The smallest absolute Gasteiger partial charge is 0.0798 e. The van der Waals surface area contributed by atoms with Gasteiger partial charge in [0, 0.05) is 24.6 Å². The van der Waals surface area contributed by atoms with Crippen LogP contribution >= 0.6 is 11.3 Å². The number of thiazole rings is 1. The maximum absolute atomic E-state index is 8.93. The lowest BCUT2D eigenvalue weighted by Crippen LogP contribution is -2.25. The molecule has 1 aromatic heterocycles. The Bertz CT molecular complexity index is 275. The Morgan fingerprint density at radius 1 is 1.64 bits per heavy atom. The van der Waals surface area contributed by atoms with Crippen molar-refractivity contribution in [3.05, 3.63) is 16.1 Å². The van der Waals surface area contributed by atoms with Gasteiger partial charge < -0.3 is 10.0 Å². The molecule has 0 amide bonds. The van der Waals surface area contributed by atoms with Crippen molar-refractivity contribution in [1.29, 1.82) is 0 Å². The third-order valence-corrected chi connectivity index (χ3v) is 3.11. The molecule has 0 aliphatic heterocycles. The fraction of sp³-hybridized carbons (Fsp3) is 0.700. The first kappa shape index (κ1) is 11.6. The van der Waals surface area contributed by atoms with E-state index in [-0.39, 0.29) is 6.61 Å². The molecule has 14 heavy (non-hydrogen) atoms. The average molecular weight is 214 g/mol. The van der Waals surface area contributed by atoms with E-state index >= 15 is 0 Å². The van der Waals surface area contributed by atoms with E-state index in [2.05, 4.69) is 23.9 Å². The molecule has 1 N–H and O–H groups in total. The highest BCUT2D eigenvalue weighted by molar-refractivity contribution is 7.09. The topological polar surface area (TPSA) is 36.4 Å². The van der Waals surface area contributed by atoms with Crippen molar-refractivity contribution in [2.24, 2.45) is 5.92 Å². The highest BCUT2D eigenvalue weighted by atomic mass is 32.1. The van der Waals surface area contributed by atoms with E-state index in [9.17, 15) is 0 Å². The van der Waals surface area contributed by atoms with Gasteiger partial charge in [-0.1, -0.05) is 6.92 Å². The Labute approximate surface area is 89.4 Å². The highest BCUT2D eigenvalue weighted by Gasteiger charge is 2.08.